The van der Waals surface area contributed by atoms with Gasteiger partial charge < -0.3 is 15.3 Å². The summed E-state index contributed by atoms with van der Waals surface area (Å²) in [6.07, 6.45) is 1.85. The highest BCUT2D eigenvalue weighted by atomic mass is 32.2. The number of amides is 2. The Morgan fingerprint density at radius 1 is 1.26 bits per heavy atom. The van der Waals surface area contributed by atoms with E-state index in [9.17, 15) is 14.0 Å². The van der Waals surface area contributed by atoms with Gasteiger partial charge in [0.15, 0.2) is 0 Å². The number of carbonyl (C=O) groups excluding carboxylic acids is 1. The maximum atomic E-state index is 12.8. The second-order valence-electron chi connectivity index (χ2n) is 5.49. The minimum absolute atomic E-state index is 0.124. The number of urea groups is 1. The molecule has 23 heavy (non-hydrogen) atoms. The molecule has 1 aliphatic rings. The molecule has 0 radical (unpaired) electrons. The molecule has 5 nitrogen and oxygen atoms in total. The van der Waals surface area contributed by atoms with E-state index in [1.165, 1.54) is 12.1 Å². The van der Waals surface area contributed by atoms with Gasteiger partial charge in [0, 0.05) is 24.5 Å². The number of hydrogen-bond donors (Lipinski definition) is 2. The Morgan fingerprint density at radius 2 is 1.91 bits per heavy atom. The Balaban J connectivity index is 1.58. The van der Waals surface area contributed by atoms with Gasteiger partial charge in [-0.1, -0.05) is 0 Å². The number of hydrogen-bond acceptors (Lipinski definition) is 3. The van der Waals surface area contributed by atoms with E-state index in [2.05, 4.69) is 5.32 Å². The van der Waals surface area contributed by atoms with E-state index in [-0.39, 0.29) is 17.8 Å². The second kappa shape index (κ2) is 8.76. The molecule has 1 aromatic carbocycles. The minimum atomic E-state index is -0.775. The van der Waals surface area contributed by atoms with Crippen LogP contribution in [0, 0.1) is 11.7 Å². The smallest absolute Gasteiger partial charge is 0.317 e. The van der Waals surface area contributed by atoms with Crippen molar-refractivity contribution in [2.45, 2.75) is 24.2 Å². The van der Waals surface area contributed by atoms with Crippen molar-refractivity contribution in [1.82, 2.24) is 10.2 Å². The summed E-state index contributed by atoms with van der Waals surface area (Å²) in [4.78, 5) is 25.5. The van der Waals surface area contributed by atoms with Gasteiger partial charge in [0.1, 0.15) is 5.82 Å². The molecule has 1 heterocycles. The summed E-state index contributed by atoms with van der Waals surface area (Å²) >= 11 is 1.62. The van der Waals surface area contributed by atoms with Crippen molar-refractivity contribution in [3.05, 3.63) is 30.1 Å². The summed E-state index contributed by atoms with van der Waals surface area (Å²) in [5.41, 5.74) is 0. The van der Waals surface area contributed by atoms with Crippen LogP contribution in [0.25, 0.3) is 0 Å². The fourth-order valence-corrected chi connectivity index (χ4v) is 3.28. The molecule has 126 valence electrons. The zero-order valence-corrected chi connectivity index (χ0v) is 13.7. The van der Waals surface area contributed by atoms with E-state index < -0.39 is 5.97 Å². The van der Waals surface area contributed by atoms with Crippen molar-refractivity contribution < 1.29 is 19.1 Å². The Hall–Kier alpha value is -1.76. The number of nitrogens with one attached hydrogen (secondary N) is 1. The molecule has 1 aromatic rings. The molecule has 0 bridgehead atoms. The standard InChI is InChI=1S/C16H21FN2O3S/c17-13-2-4-14(5-3-13)23-11-1-8-18-16(22)19-9-6-12(7-10-19)15(20)21/h2-5,12H,1,6-11H2,(H,18,22)(H,20,21). The van der Waals surface area contributed by atoms with Gasteiger partial charge in [-0.15, -0.1) is 11.8 Å². The summed E-state index contributed by atoms with van der Waals surface area (Å²) in [6, 6.07) is 6.23. The van der Waals surface area contributed by atoms with Crippen LogP contribution in [0.3, 0.4) is 0 Å². The molecule has 0 atom stereocenters. The van der Waals surface area contributed by atoms with Crippen molar-refractivity contribution in [3.8, 4) is 0 Å². The predicted octanol–water partition coefficient (Wildman–Crippen LogP) is 2.81. The van der Waals surface area contributed by atoms with Gasteiger partial charge in [-0.05, 0) is 49.3 Å². The van der Waals surface area contributed by atoms with Crippen molar-refractivity contribution in [3.63, 3.8) is 0 Å². The molecule has 0 aromatic heterocycles. The maximum Gasteiger partial charge on any atom is 0.317 e. The molecule has 1 aliphatic heterocycles. The average molecular weight is 340 g/mol. The number of carboxylic acid groups (broad SMARTS) is 1. The topological polar surface area (TPSA) is 69.6 Å². The summed E-state index contributed by atoms with van der Waals surface area (Å²) in [5, 5.41) is 11.8. The molecule has 0 spiro atoms. The van der Waals surface area contributed by atoms with E-state index in [4.69, 9.17) is 5.11 Å². The van der Waals surface area contributed by atoms with Gasteiger partial charge in [-0.2, -0.15) is 0 Å². The van der Waals surface area contributed by atoms with Crippen molar-refractivity contribution >= 4 is 23.8 Å². The highest BCUT2D eigenvalue weighted by Crippen LogP contribution is 2.19. The lowest BCUT2D eigenvalue weighted by Crippen LogP contribution is -2.45. The maximum absolute atomic E-state index is 12.8. The van der Waals surface area contributed by atoms with Gasteiger partial charge in [-0.3, -0.25) is 4.79 Å². The molecular formula is C16H21FN2O3S. The molecule has 0 saturated carbocycles. The first-order chi connectivity index (χ1) is 11.1. The van der Waals surface area contributed by atoms with Crippen LogP contribution in [0.4, 0.5) is 9.18 Å². The average Bonchev–Trinajstić information content (AvgIpc) is 2.56. The number of halogens is 1. The molecular weight excluding hydrogens is 319 g/mol. The lowest BCUT2D eigenvalue weighted by atomic mass is 9.97. The SMILES string of the molecule is O=C(O)C1CCN(C(=O)NCCCSc2ccc(F)cc2)CC1. The van der Waals surface area contributed by atoms with Crippen molar-refractivity contribution in [1.29, 1.82) is 0 Å². The van der Waals surface area contributed by atoms with Crippen LogP contribution >= 0.6 is 11.8 Å². The molecule has 0 unspecified atom stereocenters. The summed E-state index contributed by atoms with van der Waals surface area (Å²) in [6.45, 7) is 1.56. The number of carbonyl (C=O) groups is 2. The van der Waals surface area contributed by atoms with Crippen molar-refractivity contribution in [2.24, 2.45) is 5.92 Å². The number of likely N-dealkylation sites (tertiary alicyclic amines) is 1. The molecule has 2 N–H and O–H groups in total. The Labute approximate surface area is 139 Å². The quantitative estimate of drug-likeness (QED) is 0.617. The number of carboxylic acids is 1. The van der Waals surface area contributed by atoms with Gasteiger partial charge in [0.25, 0.3) is 0 Å². The van der Waals surface area contributed by atoms with Gasteiger partial charge >= 0.3 is 12.0 Å². The van der Waals surface area contributed by atoms with Crippen LogP contribution in [0.2, 0.25) is 0 Å². The fourth-order valence-electron chi connectivity index (χ4n) is 2.43. The summed E-state index contributed by atoms with van der Waals surface area (Å²) in [7, 11) is 0. The third-order valence-corrected chi connectivity index (χ3v) is 4.91. The highest BCUT2D eigenvalue weighted by molar-refractivity contribution is 7.99. The first-order valence-corrected chi connectivity index (χ1v) is 8.69. The van der Waals surface area contributed by atoms with E-state index in [1.807, 2.05) is 0 Å². The third kappa shape index (κ3) is 5.74. The monoisotopic (exact) mass is 340 g/mol. The van der Waals surface area contributed by atoms with Crippen LogP contribution in [0.1, 0.15) is 19.3 Å². The number of rotatable bonds is 6. The molecule has 2 amide bonds. The summed E-state index contributed by atoms with van der Waals surface area (Å²) in [5.74, 6) is -0.505. The van der Waals surface area contributed by atoms with E-state index >= 15 is 0 Å². The Morgan fingerprint density at radius 3 is 2.52 bits per heavy atom. The number of benzene rings is 1. The van der Waals surface area contributed by atoms with Crippen LogP contribution in [0.15, 0.2) is 29.2 Å². The first-order valence-electron chi connectivity index (χ1n) is 7.70. The zero-order valence-electron chi connectivity index (χ0n) is 12.8. The number of nitrogens with zero attached hydrogens (tertiary/aromatic N) is 1. The van der Waals surface area contributed by atoms with Gasteiger partial charge in [0.2, 0.25) is 0 Å². The van der Waals surface area contributed by atoms with Crippen LogP contribution in [-0.2, 0) is 4.79 Å². The minimum Gasteiger partial charge on any atom is -0.481 e. The zero-order chi connectivity index (χ0) is 16.7. The molecule has 2 rings (SSSR count). The Bertz CT molecular complexity index is 531. The normalized spacial score (nSPS) is 15.4. The number of aliphatic carboxylic acids is 1. The van der Waals surface area contributed by atoms with Crippen molar-refractivity contribution in [2.75, 3.05) is 25.4 Å². The second-order valence-corrected chi connectivity index (χ2v) is 6.66. The molecule has 7 heteroatoms. The number of thioether (sulfide) groups is 1. The Kier molecular flexibility index (Phi) is 6.70. The van der Waals surface area contributed by atoms with E-state index in [0.717, 1.165) is 17.1 Å². The van der Waals surface area contributed by atoms with Gasteiger partial charge in [-0.25, -0.2) is 9.18 Å². The molecule has 1 fully saturated rings. The lowest BCUT2D eigenvalue weighted by Gasteiger charge is -2.30. The lowest BCUT2D eigenvalue weighted by molar-refractivity contribution is -0.143. The van der Waals surface area contributed by atoms with Crippen LogP contribution in [-0.4, -0.2) is 47.4 Å². The van der Waals surface area contributed by atoms with E-state index in [0.29, 0.717) is 32.5 Å². The summed E-state index contributed by atoms with van der Waals surface area (Å²) < 4.78 is 12.8. The van der Waals surface area contributed by atoms with E-state index in [1.54, 1.807) is 28.8 Å². The van der Waals surface area contributed by atoms with Crippen LogP contribution in [0.5, 0.6) is 0 Å². The predicted molar refractivity (Wildman–Crippen MR) is 87.1 cm³/mol. The highest BCUT2D eigenvalue weighted by Gasteiger charge is 2.26. The molecule has 0 aliphatic carbocycles. The molecule has 1 saturated heterocycles. The first kappa shape index (κ1) is 17.6. The number of piperidine rings is 1. The largest absolute Gasteiger partial charge is 0.481 e. The third-order valence-electron chi connectivity index (χ3n) is 3.81. The van der Waals surface area contributed by atoms with Gasteiger partial charge in [0.05, 0.1) is 5.92 Å². The fraction of sp³-hybridized carbons (Fsp3) is 0.500. The van der Waals surface area contributed by atoms with Crippen LogP contribution < -0.4 is 5.32 Å².